The fourth-order valence-electron chi connectivity index (χ4n) is 1.56. The molecule has 0 heterocycles. The Morgan fingerprint density at radius 2 is 2.11 bits per heavy atom. The lowest BCUT2D eigenvalue weighted by atomic mass is 10.2. The lowest BCUT2D eigenvalue weighted by Crippen LogP contribution is -2.18. The SMILES string of the molecule is CS(=O)(=O)CCCNCc1cc(Br)ccc1[N+](=O)[O-]. The highest BCUT2D eigenvalue weighted by atomic mass is 79.9. The molecule has 0 aliphatic heterocycles. The van der Waals surface area contributed by atoms with Gasteiger partial charge in [0.1, 0.15) is 9.84 Å². The first kappa shape index (κ1) is 16.1. The zero-order chi connectivity index (χ0) is 14.5. The van der Waals surface area contributed by atoms with Crippen LogP contribution >= 0.6 is 15.9 Å². The quantitative estimate of drug-likeness (QED) is 0.460. The number of nitrogens with one attached hydrogen (secondary N) is 1. The van der Waals surface area contributed by atoms with E-state index >= 15 is 0 Å². The Hall–Kier alpha value is -0.990. The minimum Gasteiger partial charge on any atom is -0.312 e. The Labute approximate surface area is 120 Å². The van der Waals surface area contributed by atoms with Crippen molar-refractivity contribution in [3.05, 3.63) is 38.3 Å². The third-order valence-corrected chi connectivity index (χ3v) is 3.95. The molecule has 0 aliphatic rings. The van der Waals surface area contributed by atoms with Crippen LogP contribution in [0.25, 0.3) is 0 Å². The largest absolute Gasteiger partial charge is 0.312 e. The number of nitro groups is 1. The Kier molecular flexibility index (Phi) is 5.89. The van der Waals surface area contributed by atoms with Crippen molar-refractivity contribution >= 4 is 31.5 Å². The first-order valence-corrected chi connectivity index (χ1v) is 8.46. The fraction of sp³-hybridized carbons (Fsp3) is 0.455. The Balaban J connectivity index is 2.53. The zero-order valence-corrected chi connectivity index (χ0v) is 12.8. The van der Waals surface area contributed by atoms with Crippen LogP contribution < -0.4 is 5.32 Å². The average molecular weight is 351 g/mol. The molecular weight excluding hydrogens is 336 g/mol. The number of halogens is 1. The predicted octanol–water partition coefficient (Wildman–Crippen LogP) is 1.88. The number of hydrogen-bond acceptors (Lipinski definition) is 5. The smallest absolute Gasteiger partial charge is 0.273 e. The van der Waals surface area contributed by atoms with Gasteiger partial charge < -0.3 is 5.32 Å². The highest BCUT2D eigenvalue weighted by molar-refractivity contribution is 9.10. The van der Waals surface area contributed by atoms with E-state index in [0.29, 0.717) is 25.1 Å². The van der Waals surface area contributed by atoms with Gasteiger partial charge in [-0.15, -0.1) is 0 Å². The molecule has 19 heavy (non-hydrogen) atoms. The van der Waals surface area contributed by atoms with Crippen LogP contribution in [-0.2, 0) is 16.4 Å². The Morgan fingerprint density at radius 1 is 1.42 bits per heavy atom. The van der Waals surface area contributed by atoms with Gasteiger partial charge in [-0.1, -0.05) is 15.9 Å². The van der Waals surface area contributed by atoms with E-state index in [-0.39, 0.29) is 11.4 Å². The van der Waals surface area contributed by atoms with Crippen LogP contribution in [0.3, 0.4) is 0 Å². The Morgan fingerprint density at radius 3 is 2.68 bits per heavy atom. The van der Waals surface area contributed by atoms with Crippen molar-refractivity contribution in [2.24, 2.45) is 0 Å². The molecule has 0 radical (unpaired) electrons. The molecule has 1 N–H and O–H groups in total. The van der Waals surface area contributed by atoms with E-state index in [0.717, 1.165) is 4.47 Å². The summed E-state index contributed by atoms with van der Waals surface area (Å²) in [7, 11) is -2.95. The van der Waals surface area contributed by atoms with Gasteiger partial charge in [0.2, 0.25) is 0 Å². The van der Waals surface area contributed by atoms with Crippen molar-refractivity contribution < 1.29 is 13.3 Å². The summed E-state index contributed by atoms with van der Waals surface area (Å²) in [5.41, 5.74) is 0.623. The Bertz CT molecular complexity index is 560. The maximum absolute atomic E-state index is 10.9. The second-order valence-electron chi connectivity index (χ2n) is 4.19. The standard InChI is InChI=1S/C11H15BrN2O4S/c1-19(17,18)6-2-5-13-8-9-7-10(12)3-4-11(9)14(15)16/h3-4,7,13H,2,5-6,8H2,1H3. The van der Waals surface area contributed by atoms with Crippen molar-refractivity contribution in [3.8, 4) is 0 Å². The van der Waals surface area contributed by atoms with Gasteiger partial charge in [-0.2, -0.15) is 0 Å². The molecule has 0 amide bonds. The first-order chi connectivity index (χ1) is 8.79. The van der Waals surface area contributed by atoms with Crippen molar-refractivity contribution in [3.63, 3.8) is 0 Å². The first-order valence-electron chi connectivity index (χ1n) is 5.61. The molecule has 6 nitrogen and oxygen atoms in total. The van der Waals surface area contributed by atoms with E-state index < -0.39 is 14.8 Å². The van der Waals surface area contributed by atoms with Gasteiger partial charge >= 0.3 is 0 Å². The predicted molar refractivity (Wildman–Crippen MR) is 76.8 cm³/mol. The molecule has 0 fully saturated rings. The molecule has 1 rings (SSSR count). The van der Waals surface area contributed by atoms with Gasteiger partial charge in [-0.3, -0.25) is 10.1 Å². The third-order valence-electron chi connectivity index (χ3n) is 2.42. The summed E-state index contributed by atoms with van der Waals surface area (Å²) in [6, 6.07) is 4.74. The van der Waals surface area contributed by atoms with E-state index in [9.17, 15) is 18.5 Å². The van der Waals surface area contributed by atoms with Crippen LogP contribution in [0.1, 0.15) is 12.0 Å². The molecular formula is C11H15BrN2O4S. The molecule has 0 saturated carbocycles. The molecule has 106 valence electrons. The van der Waals surface area contributed by atoms with E-state index in [4.69, 9.17) is 0 Å². The maximum Gasteiger partial charge on any atom is 0.273 e. The summed E-state index contributed by atoms with van der Waals surface area (Å²) in [6.45, 7) is 0.830. The normalized spacial score (nSPS) is 11.5. The van der Waals surface area contributed by atoms with Crippen molar-refractivity contribution in [1.29, 1.82) is 0 Å². The van der Waals surface area contributed by atoms with Crippen molar-refractivity contribution in [1.82, 2.24) is 5.32 Å². The van der Waals surface area contributed by atoms with Crippen LogP contribution in [0.5, 0.6) is 0 Å². The number of nitro benzene ring substituents is 1. The van der Waals surface area contributed by atoms with Crippen LogP contribution in [-0.4, -0.2) is 31.9 Å². The summed E-state index contributed by atoms with van der Waals surface area (Å²) in [5, 5.41) is 13.8. The van der Waals surface area contributed by atoms with Crippen molar-refractivity contribution in [2.75, 3.05) is 18.6 Å². The minimum absolute atomic E-state index is 0.0545. The molecule has 8 heteroatoms. The van der Waals surface area contributed by atoms with Crippen LogP contribution in [0.2, 0.25) is 0 Å². The average Bonchev–Trinajstić information content (AvgIpc) is 2.26. The second kappa shape index (κ2) is 6.97. The van der Waals surface area contributed by atoms with Gasteiger partial charge in [0, 0.05) is 28.9 Å². The van der Waals surface area contributed by atoms with E-state index in [1.807, 2.05) is 0 Å². The highest BCUT2D eigenvalue weighted by Crippen LogP contribution is 2.22. The summed E-state index contributed by atoms with van der Waals surface area (Å²) >= 11 is 3.26. The lowest BCUT2D eigenvalue weighted by Gasteiger charge is -2.06. The number of rotatable bonds is 7. The molecule has 0 aromatic heterocycles. The lowest BCUT2D eigenvalue weighted by molar-refractivity contribution is -0.385. The monoisotopic (exact) mass is 350 g/mol. The summed E-state index contributed by atoms with van der Waals surface area (Å²) in [4.78, 5) is 10.4. The van der Waals surface area contributed by atoms with Gasteiger partial charge in [0.25, 0.3) is 5.69 Å². The van der Waals surface area contributed by atoms with Gasteiger partial charge in [-0.25, -0.2) is 8.42 Å². The minimum atomic E-state index is -2.95. The molecule has 0 unspecified atom stereocenters. The maximum atomic E-state index is 10.9. The van der Waals surface area contributed by atoms with E-state index in [2.05, 4.69) is 21.2 Å². The molecule has 0 atom stereocenters. The van der Waals surface area contributed by atoms with Gasteiger partial charge in [0.15, 0.2) is 0 Å². The fourth-order valence-corrected chi connectivity index (χ4v) is 2.63. The van der Waals surface area contributed by atoms with Crippen LogP contribution in [0.15, 0.2) is 22.7 Å². The second-order valence-corrected chi connectivity index (χ2v) is 7.37. The van der Waals surface area contributed by atoms with Crippen molar-refractivity contribution in [2.45, 2.75) is 13.0 Å². The molecule has 1 aromatic carbocycles. The highest BCUT2D eigenvalue weighted by Gasteiger charge is 2.13. The topological polar surface area (TPSA) is 89.3 Å². The van der Waals surface area contributed by atoms with Gasteiger partial charge in [-0.05, 0) is 25.1 Å². The van der Waals surface area contributed by atoms with Crippen LogP contribution in [0.4, 0.5) is 5.69 Å². The molecule has 0 saturated heterocycles. The number of sulfone groups is 1. The third kappa shape index (κ3) is 6.13. The molecule has 0 aliphatic carbocycles. The van der Waals surface area contributed by atoms with E-state index in [1.54, 1.807) is 12.1 Å². The summed E-state index contributed by atoms with van der Waals surface area (Å²) < 4.78 is 22.6. The van der Waals surface area contributed by atoms with Crippen LogP contribution in [0, 0.1) is 10.1 Å². The molecule has 0 spiro atoms. The number of benzene rings is 1. The summed E-state index contributed by atoms with van der Waals surface area (Å²) in [6.07, 6.45) is 1.67. The molecule has 0 bridgehead atoms. The number of nitrogens with zero attached hydrogens (tertiary/aromatic N) is 1. The van der Waals surface area contributed by atoms with Gasteiger partial charge in [0.05, 0.1) is 10.7 Å². The van der Waals surface area contributed by atoms with E-state index in [1.165, 1.54) is 12.3 Å². The number of hydrogen-bond donors (Lipinski definition) is 1. The summed E-state index contributed by atoms with van der Waals surface area (Å²) in [5.74, 6) is 0.112. The zero-order valence-electron chi connectivity index (χ0n) is 10.4. The molecule has 1 aromatic rings.